The summed E-state index contributed by atoms with van der Waals surface area (Å²) in [5.74, 6) is 4.28. The normalized spacial score (nSPS) is 38.2. The summed E-state index contributed by atoms with van der Waals surface area (Å²) in [4.78, 5) is 0. The Bertz CT molecular complexity index is 74.9. The highest BCUT2D eigenvalue weighted by molar-refractivity contribution is 7.99. The van der Waals surface area contributed by atoms with Gasteiger partial charge in [-0.3, -0.25) is 0 Å². The maximum atomic E-state index is 5.51. The molecule has 0 aromatic rings. The first kappa shape index (κ1) is 6.43. The van der Waals surface area contributed by atoms with Gasteiger partial charge in [-0.2, -0.15) is 11.8 Å². The third-order valence-electron chi connectivity index (χ3n) is 1.82. The van der Waals surface area contributed by atoms with Gasteiger partial charge in [-0.05, 0) is 29.9 Å². The van der Waals surface area contributed by atoms with Crippen molar-refractivity contribution >= 4 is 11.8 Å². The van der Waals surface area contributed by atoms with Crippen molar-refractivity contribution in [2.75, 3.05) is 18.1 Å². The second kappa shape index (κ2) is 2.74. The highest BCUT2D eigenvalue weighted by atomic mass is 32.2. The first-order chi connectivity index (χ1) is 3.84. The van der Waals surface area contributed by atoms with E-state index in [9.17, 15) is 0 Å². The maximum absolute atomic E-state index is 5.51. The number of hydrogen-bond acceptors (Lipinski definition) is 2. The third kappa shape index (κ3) is 1.17. The lowest BCUT2D eigenvalue weighted by molar-refractivity contribution is 0.463. The molecule has 1 nitrogen and oxygen atoms in total. The molecule has 1 aliphatic heterocycles. The zero-order valence-electron chi connectivity index (χ0n) is 5.26. The smallest absolute Gasteiger partial charge is 0.00241 e. The van der Waals surface area contributed by atoms with E-state index in [1.807, 2.05) is 11.8 Å². The van der Waals surface area contributed by atoms with Gasteiger partial charge in [-0.25, -0.2) is 0 Å². The molecule has 2 unspecified atom stereocenters. The molecule has 1 heterocycles. The molecule has 1 aliphatic rings. The summed E-state index contributed by atoms with van der Waals surface area (Å²) >= 11 is 2.03. The minimum Gasteiger partial charge on any atom is -0.330 e. The molecule has 2 atom stereocenters. The van der Waals surface area contributed by atoms with Gasteiger partial charge in [0.25, 0.3) is 0 Å². The van der Waals surface area contributed by atoms with Crippen LogP contribution in [0.3, 0.4) is 0 Å². The minimum absolute atomic E-state index is 0.806. The lowest BCUT2D eigenvalue weighted by Crippen LogP contribution is -2.19. The van der Waals surface area contributed by atoms with Gasteiger partial charge in [0.2, 0.25) is 0 Å². The molecule has 0 bridgehead atoms. The van der Waals surface area contributed by atoms with Gasteiger partial charge >= 0.3 is 0 Å². The maximum Gasteiger partial charge on any atom is -0.00241 e. The van der Waals surface area contributed by atoms with E-state index in [0.717, 1.165) is 18.4 Å². The van der Waals surface area contributed by atoms with Crippen molar-refractivity contribution in [2.24, 2.45) is 17.6 Å². The molecule has 0 aliphatic carbocycles. The Morgan fingerprint density at radius 2 is 2.38 bits per heavy atom. The van der Waals surface area contributed by atoms with Gasteiger partial charge in [0.05, 0.1) is 0 Å². The molecule has 1 saturated heterocycles. The van der Waals surface area contributed by atoms with Crippen molar-refractivity contribution in [3.63, 3.8) is 0 Å². The quantitative estimate of drug-likeness (QED) is 0.573. The SMILES string of the molecule is CC1CSCC1CN. The van der Waals surface area contributed by atoms with E-state index in [2.05, 4.69) is 6.92 Å². The highest BCUT2D eigenvalue weighted by Crippen LogP contribution is 2.27. The predicted molar refractivity (Wildman–Crippen MR) is 39.0 cm³/mol. The molecule has 1 rings (SSSR count). The number of hydrogen-bond donors (Lipinski definition) is 1. The summed E-state index contributed by atoms with van der Waals surface area (Å²) in [5, 5.41) is 0. The molecule has 2 N–H and O–H groups in total. The molecule has 0 amide bonds. The Labute approximate surface area is 55.0 Å². The van der Waals surface area contributed by atoms with Gasteiger partial charge in [0.1, 0.15) is 0 Å². The topological polar surface area (TPSA) is 26.0 Å². The highest BCUT2D eigenvalue weighted by Gasteiger charge is 2.21. The first-order valence-electron chi connectivity index (χ1n) is 3.12. The molecule has 48 valence electrons. The van der Waals surface area contributed by atoms with Gasteiger partial charge in [-0.15, -0.1) is 0 Å². The number of rotatable bonds is 1. The van der Waals surface area contributed by atoms with Crippen molar-refractivity contribution in [3.8, 4) is 0 Å². The second-order valence-corrected chi connectivity index (χ2v) is 3.59. The van der Waals surface area contributed by atoms with E-state index in [1.165, 1.54) is 11.5 Å². The van der Waals surface area contributed by atoms with E-state index in [-0.39, 0.29) is 0 Å². The van der Waals surface area contributed by atoms with Crippen LogP contribution in [0, 0.1) is 11.8 Å². The zero-order chi connectivity index (χ0) is 5.98. The van der Waals surface area contributed by atoms with E-state index in [4.69, 9.17) is 5.73 Å². The van der Waals surface area contributed by atoms with Crippen LogP contribution in [-0.2, 0) is 0 Å². The Balaban J connectivity index is 2.30. The van der Waals surface area contributed by atoms with Crippen molar-refractivity contribution < 1.29 is 0 Å². The fraction of sp³-hybridized carbons (Fsp3) is 1.00. The van der Waals surface area contributed by atoms with Crippen LogP contribution >= 0.6 is 11.8 Å². The van der Waals surface area contributed by atoms with Crippen LogP contribution in [-0.4, -0.2) is 18.1 Å². The number of thioether (sulfide) groups is 1. The van der Waals surface area contributed by atoms with Crippen molar-refractivity contribution in [1.29, 1.82) is 0 Å². The Hall–Kier alpha value is 0.310. The van der Waals surface area contributed by atoms with Crippen LogP contribution in [0.25, 0.3) is 0 Å². The monoisotopic (exact) mass is 131 g/mol. The van der Waals surface area contributed by atoms with Gasteiger partial charge in [-0.1, -0.05) is 6.92 Å². The van der Waals surface area contributed by atoms with Crippen LogP contribution in [0.1, 0.15) is 6.92 Å². The summed E-state index contributed by atoms with van der Waals surface area (Å²) in [7, 11) is 0. The number of nitrogens with two attached hydrogens (primary N) is 1. The average molecular weight is 131 g/mol. The Morgan fingerprint density at radius 1 is 1.62 bits per heavy atom. The summed E-state index contributed by atoms with van der Waals surface area (Å²) in [5.41, 5.74) is 5.51. The fourth-order valence-corrected chi connectivity index (χ4v) is 2.55. The Morgan fingerprint density at radius 3 is 2.62 bits per heavy atom. The summed E-state index contributed by atoms with van der Waals surface area (Å²) in [6.45, 7) is 3.17. The van der Waals surface area contributed by atoms with Gasteiger partial charge in [0, 0.05) is 0 Å². The molecule has 0 saturated carbocycles. The van der Waals surface area contributed by atoms with Crippen molar-refractivity contribution in [1.82, 2.24) is 0 Å². The molecular formula is C6H13NS. The van der Waals surface area contributed by atoms with Crippen LogP contribution in [0.2, 0.25) is 0 Å². The fourth-order valence-electron chi connectivity index (χ4n) is 1.01. The van der Waals surface area contributed by atoms with E-state index >= 15 is 0 Å². The third-order valence-corrected chi connectivity index (χ3v) is 3.25. The molecule has 0 spiro atoms. The lowest BCUT2D eigenvalue weighted by Gasteiger charge is -2.08. The van der Waals surface area contributed by atoms with E-state index in [0.29, 0.717) is 0 Å². The molecule has 0 aromatic heterocycles. The minimum atomic E-state index is 0.806. The Kier molecular flexibility index (Phi) is 2.20. The summed E-state index contributed by atoms with van der Waals surface area (Å²) in [6, 6.07) is 0. The van der Waals surface area contributed by atoms with Crippen molar-refractivity contribution in [2.45, 2.75) is 6.92 Å². The van der Waals surface area contributed by atoms with Crippen LogP contribution in [0.15, 0.2) is 0 Å². The van der Waals surface area contributed by atoms with Crippen LogP contribution in [0.5, 0.6) is 0 Å². The molecular weight excluding hydrogens is 118 g/mol. The molecule has 0 radical (unpaired) electrons. The second-order valence-electron chi connectivity index (χ2n) is 2.51. The molecule has 0 aromatic carbocycles. The van der Waals surface area contributed by atoms with E-state index in [1.54, 1.807) is 0 Å². The van der Waals surface area contributed by atoms with Crippen molar-refractivity contribution in [3.05, 3.63) is 0 Å². The zero-order valence-corrected chi connectivity index (χ0v) is 6.08. The first-order valence-corrected chi connectivity index (χ1v) is 4.28. The molecule has 8 heavy (non-hydrogen) atoms. The summed E-state index contributed by atoms with van der Waals surface area (Å²) < 4.78 is 0. The van der Waals surface area contributed by atoms with E-state index < -0.39 is 0 Å². The van der Waals surface area contributed by atoms with Gasteiger partial charge in [0.15, 0.2) is 0 Å². The molecule has 2 heteroatoms. The lowest BCUT2D eigenvalue weighted by atomic mass is 9.99. The predicted octanol–water partition coefficient (Wildman–Crippen LogP) is 0.944. The molecule has 1 fully saturated rings. The van der Waals surface area contributed by atoms with Gasteiger partial charge < -0.3 is 5.73 Å². The van der Waals surface area contributed by atoms with Crippen LogP contribution in [0.4, 0.5) is 0 Å². The largest absolute Gasteiger partial charge is 0.330 e. The average Bonchev–Trinajstić information content (AvgIpc) is 2.14. The van der Waals surface area contributed by atoms with Crippen LogP contribution < -0.4 is 5.73 Å². The standard InChI is InChI=1S/C6H13NS/c1-5-3-8-4-6(5)2-7/h5-6H,2-4,7H2,1H3. The summed E-state index contributed by atoms with van der Waals surface area (Å²) in [6.07, 6.45) is 0.